The van der Waals surface area contributed by atoms with E-state index in [-0.39, 0.29) is 29.5 Å². The SMILES string of the molecule is CCOCc1c(C(=O)Nc2ccc(S(=O)(=O)N3C[C@@H](C)O[C@H](C)C3)cc2)oc2ccccc12. The third-order valence-corrected chi connectivity index (χ3v) is 7.34. The van der Waals surface area contributed by atoms with Crippen molar-refractivity contribution < 1.29 is 27.1 Å². The van der Waals surface area contributed by atoms with E-state index < -0.39 is 15.9 Å². The number of nitrogens with one attached hydrogen (secondary N) is 1. The number of ether oxygens (including phenoxy) is 2. The van der Waals surface area contributed by atoms with E-state index in [0.717, 1.165) is 5.39 Å². The van der Waals surface area contributed by atoms with Crippen LogP contribution in [0.4, 0.5) is 5.69 Å². The van der Waals surface area contributed by atoms with E-state index in [9.17, 15) is 13.2 Å². The van der Waals surface area contributed by atoms with Gasteiger partial charge in [-0.3, -0.25) is 4.79 Å². The van der Waals surface area contributed by atoms with Gasteiger partial charge in [0.25, 0.3) is 5.91 Å². The Labute approximate surface area is 193 Å². The van der Waals surface area contributed by atoms with Crippen LogP contribution in [-0.4, -0.2) is 50.5 Å². The molecule has 9 heteroatoms. The summed E-state index contributed by atoms with van der Waals surface area (Å²) in [7, 11) is -3.65. The van der Waals surface area contributed by atoms with Crippen LogP contribution >= 0.6 is 0 Å². The molecule has 1 aliphatic rings. The molecule has 1 fully saturated rings. The minimum atomic E-state index is -3.65. The number of morpholine rings is 1. The van der Waals surface area contributed by atoms with E-state index >= 15 is 0 Å². The maximum atomic E-state index is 13.0. The zero-order valence-electron chi connectivity index (χ0n) is 18.9. The van der Waals surface area contributed by atoms with Crippen molar-refractivity contribution in [3.63, 3.8) is 0 Å². The Kier molecular flexibility index (Phi) is 6.85. The first-order valence-corrected chi connectivity index (χ1v) is 12.4. The minimum absolute atomic E-state index is 0.169. The molecule has 176 valence electrons. The van der Waals surface area contributed by atoms with Gasteiger partial charge in [0.05, 0.1) is 23.7 Å². The Morgan fingerprint density at radius 1 is 1.09 bits per heavy atom. The van der Waals surface area contributed by atoms with E-state index in [1.165, 1.54) is 16.4 Å². The number of sulfonamides is 1. The van der Waals surface area contributed by atoms with Gasteiger partial charge in [0, 0.05) is 36.3 Å². The molecular formula is C24H28N2O6S. The standard InChI is InChI=1S/C24H28N2O6S/c1-4-30-15-21-20-7-5-6-8-22(20)32-23(21)24(27)25-18-9-11-19(12-10-18)33(28,29)26-13-16(2)31-17(3)14-26/h5-12,16-17H,4,13-15H2,1-3H3,(H,25,27)/t16-,17-/m1/s1. The Bertz CT molecular complexity index is 1230. The number of para-hydroxylation sites is 1. The first-order valence-electron chi connectivity index (χ1n) is 10.9. The summed E-state index contributed by atoms with van der Waals surface area (Å²) in [6.45, 7) is 6.97. The van der Waals surface area contributed by atoms with Crippen LogP contribution in [0, 0.1) is 0 Å². The van der Waals surface area contributed by atoms with E-state index in [4.69, 9.17) is 13.9 Å². The number of benzene rings is 2. The second-order valence-corrected chi connectivity index (χ2v) is 10.0. The van der Waals surface area contributed by atoms with Gasteiger partial charge in [-0.05, 0) is 51.1 Å². The van der Waals surface area contributed by atoms with Gasteiger partial charge in [-0.25, -0.2) is 8.42 Å². The number of nitrogens with zero attached hydrogens (tertiary/aromatic N) is 1. The number of furan rings is 1. The molecule has 1 saturated heterocycles. The Hall–Kier alpha value is -2.72. The number of fused-ring (bicyclic) bond motifs is 1. The average Bonchev–Trinajstić information content (AvgIpc) is 3.16. The van der Waals surface area contributed by atoms with Crippen molar-refractivity contribution in [1.29, 1.82) is 0 Å². The van der Waals surface area contributed by atoms with Crippen molar-refractivity contribution in [3.8, 4) is 0 Å². The van der Waals surface area contributed by atoms with Gasteiger partial charge in [-0.1, -0.05) is 18.2 Å². The van der Waals surface area contributed by atoms with Gasteiger partial charge in [-0.15, -0.1) is 0 Å². The van der Waals surface area contributed by atoms with Crippen LogP contribution in [0.2, 0.25) is 0 Å². The number of anilines is 1. The monoisotopic (exact) mass is 472 g/mol. The molecule has 1 N–H and O–H groups in total. The molecule has 2 atom stereocenters. The molecule has 1 aliphatic heterocycles. The van der Waals surface area contributed by atoms with Crippen molar-refractivity contribution in [2.24, 2.45) is 0 Å². The molecule has 33 heavy (non-hydrogen) atoms. The highest BCUT2D eigenvalue weighted by Crippen LogP contribution is 2.28. The lowest BCUT2D eigenvalue weighted by Crippen LogP contribution is -2.48. The molecule has 1 amide bonds. The molecule has 2 heterocycles. The minimum Gasteiger partial charge on any atom is -0.451 e. The quantitative estimate of drug-likeness (QED) is 0.558. The molecule has 8 nitrogen and oxygen atoms in total. The summed E-state index contributed by atoms with van der Waals surface area (Å²) in [6, 6.07) is 13.5. The maximum absolute atomic E-state index is 13.0. The molecule has 3 aromatic rings. The first kappa shape index (κ1) is 23.4. The number of carbonyl (C=O) groups is 1. The number of hydrogen-bond donors (Lipinski definition) is 1. The molecular weight excluding hydrogens is 444 g/mol. The zero-order valence-corrected chi connectivity index (χ0v) is 19.7. The van der Waals surface area contributed by atoms with E-state index in [2.05, 4.69) is 5.32 Å². The first-order chi connectivity index (χ1) is 15.8. The second-order valence-electron chi connectivity index (χ2n) is 8.10. The van der Waals surface area contributed by atoms with Crippen LogP contribution in [0.3, 0.4) is 0 Å². The number of carbonyl (C=O) groups excluding carboxylic acids is 1. The van der Waals surface area contributed by atoms with Crippen molar-refractivity contribution in [3.05, 3.63) is 59.9 Å². The third-order valence-electron chi connectivity index (χ3n) is 5.49. The van der Waals surface area contributed by atoms with Crippen molar-refractivity contribution >= 4 is 32.6 Å². The maximum Gasteiger partial charge on any atom is 0.291 e. The van der Waals surface area contributed by atoms with Crippen LogP contribution in [0.25, 0.3) is 11.0 Å². The molecule has 0 radical (unpaired) electrons. The smallest absolute Gasteiger partial charge is 0.291 e. The van der Waals surface area contributed by atoms with Gasteiger partial charge in [0.1, 0.15) is 5.58 Å². The topological polar surface area (TPSA) is 98.1 Å². The third kappa shape index (κ3) is 4.96. The highest BCUT2D eigenvalue weighted by atomic mass is 32.2. The number of amides is 1. The van der Waals surface area contributed by atoms with Gasteiger partial charge < -0.3 is 19.2 Å². The summed E-state index contributed by atoms with van der Waals surface area (Å²) in [5.41, 5.74) is 1.75. The van der Waals surface area contributed by atoms with E-state index in [1.54, 1.807) is 18.2 Å². The molecule has 0 spiro atoms. The molecule has 1 aromatic heterocycles. The summed E-state index contributed by atoms with van der Waals surface area (Å²) >= 11 is 0. The molecule has 0 aliphatic carbocycles. The van der Waals surface area contributed by atoms with Crippen LogP contribution in [0.5, 0.6) is 0 Å². The summed E-state index contributed by atoms with van der Waals surface area (Å²) < 4.78 is 44.5. The predicted molar refractivity (Wildman–Crippen MR) is 125 cm³/mol. The largest absolute Gasteiger partial charge is 0.451 e. The van der Waals surface area contributed by atoms with E-state index in [0.29, 0.717) is 36.5 Å². The summed E-state index contributed by atoms with van der Waals surface area (Å²) in [5, 5.41) is 3.62. The Morgan fingerprint density at radius 3 is 2.42 bits per heavy atom. The summed E-state index contributed by atoms with van der Waals surface area (Å²) in [6.07, 6.45) is -0.339. The summed E-state index contributed by atoms with van der Waals surface area (Å²) in [4.78, 5) is 13.1. The van der Waals surface area contributed by atoms with Gasteiger partial charge >= 0.3 is 0 Å². The van der Waals surface area contributed by atoms with Crippen molar-refractivity contribution in [2.75, 3.05) is 25.0 Å². The lowest BCUT2D eigenvalue weighted by Gasteiger charge is -2.34. The lowest BCUT2D eigenvalue weighted by atomic mass is 10.1. The van der Waals surface area contributed by atoms with Crippen LogP contribution in [0.1, 0.15) is 36.9 Å². The Morgan fingerprint density at radius 2 is 1.76 bits per heavy atom. The average molecular weight is 473 g/mol. The van der Waals surface area contributed by atoms with Crippen molar-refractivity contribution in [2.45, 2.75) is 44.5 Å². The van der Waals surface area contributed by atoms with Gasteiger partial charge in [0.15, 0.2) is 5.76 Å². The fraction of sp³-hybridized carbons (Fsp3) is 0.375. The summed E-state index contributed by atoms with van der Waals surface area (Å²) in [5.74, 6) is -0.245. The normalized spacial score (nSPS) is 19.6. The highest BCUT2D eigenvalue weighted by molar-refractivity contribution is 7.89. The van der Waals surface area contributed by atoms with Crippen LogP contribution in [-0.2, 0) is 26.1 Å². The Balaban J connectivity index is 1.53. The predicted octanol–water partition coefficient (Wildman–Crippen LogP) is 4.02. The lowest BCUT2D eigenvalue weighted by molar-refractivity contribution is -0.0440. The molecule has 0 bridgehead atoms. The van der Waals surface area contributed by atoms with E-state index in [1.807, 2.05) is 39.0 Å². The number of hydrogen-bond acceptors (Lipinski definition) is 6. The molecule has 0 saturated carbocycles. The second kappa shape index (κ2) is 9.64. The fourth-order valence-electron chi connectivity index (χ4n) is 4.00. The molecule has 2 aromatic carbocycles. The van der Waals surface area contributed by atoms with Gasteiger partial charge in [0.2, 0.25) is 10.0 Å². The van der Waals surface area contributed by atoms with Crippen LogP contribution < -0.4 is 5.32 Å². The fourth-order valence-corrected chi connectivity index (χ4v) is 5.59. The van der Waals surface area contributed by atoms with Crippen LogP contribution in [0.15, 0.2) is 57.8 Å². The van der Waals surface area contributed by atoms with Gasteiger partial charge in [-0.2, -0.15) is 4.31 Å². The van der Waals surface area contributed by atoms with Crippen molar-refractivity contribution in [1.82, 2.24) is 4.31 Å². The zero-order chi connectivity index (χ0) is 23.6. The molecule has 4 rings (SSSR count). The highest BCUT2D eigenvalue weighted by Gasteiger charge is 2.32. The number of rotatable bonds is 7. The molecule has 0 unspecified atom stereocenters.